The average Bonchev–Trinajstić information content (AvgIpc) is 2.67. The molecular formula is C17H24N6O3S. The molecule has 146 valence electrons. The van der Waals surface area contributed by atoms with Crippen molar-refractivity contribution in [2.75, 3.05) is 50.4 Å². The molecule has 1 N–H and O–H groups in total. The van der Waals surface area contributed by atoms with Crippen molar-refractivity contribution in [3.05, 3.63) is 23.9 Å². The molecule has 0 aromatic carbocycles. The molecule has 2 amide bonds. The number of hydrogen-bond acceptors (Lipinski definition) is 6. The van der Waals surface area contributed by atoms with Crippen molar-refractivity contribution in [1.29, 1.82) is 5.26 Å². The van der Waals surface area contributed by atoms with Crippen LogP contribution in [0.2, 0.25) is 0 Å². The normalized spacial score (nSPS) is 21.6. The minimum absolute atomic E-state index is 0.159. The van der Waals surface area contributed by atoms with Crippen LogP contribution in [0.25, 0.3) is 0 Å². The third-order valence-corrected chi connectivity index (χ3v) is 6.22. The number of sulfonamides is 1. The van der Waals surface area contributed by atoms with Gasteiger partial charge in [0.2, 0.25) is 10.0 Å². The van der Waals surface area contributed by atoms with Crippen LogP contribution in [0.15, 0.2) is 18.3 Å². The number of piperidine rings is 1. The molecule has 1 aromatic heterocycles. The van der Waals surface area contributed by atoms with E-state index < -0.39 is 10.0 Å². The summed E-state index contributed by atoms with van der Waals surface area (Å²) >= 11 is 0. The predicted molar refractivity (Wildman–Crippen MR) is 101 cm³/mol. The van der Waals surface area contributed by atoms with Crippen molar-refractivity contribution in [2.24, 2.45) is 0 Å². The van der Waals surface area contributed by atoms with Gasteiger partial charge in [-0.1, -0.05) is 0 Å². The van der Waals surface area contributed by atoms with E-state index in [0.29, 0.717) is 44.8 Å². The largest absolute Gasteiger partial charge is 0.353 e. The highest BCUT2D eigenvalue weighted by molar-refractivity contribution is 7.88. The van der Waals surface area contributed by atoms with Gasteiger partial charge in [0.1, 0.15) is 5.82 Å². The molecule has 3 heterocycles. The van der Waals surface area contributed by atoms with Crippen LogP contribution in [0.1, 0.15) is 18.4 Å². The highest BCUT2D eigenvalue weighted by Crippen LogP contribution is 2.16. The SMILES string of the molecule is CS(=O)(=O)N1CCCC(NC(=O)N2CCN(c3cc(C#N)ccn3)CC2)C1. The first-order valence-corrected chi connectivity index (χ1v) is 10.8. The second kappa shape index (κ2) is 8.10. The number of pyridine rings is 1. The topological polar surface area (TPSA) is 110 Å². The van der Waals surface area contributed by atoms with Gasteiger partial charge in [-0.25, -0.2) is 22.5 Å². The summed E-state index contributed by atoms with van der Waals surface area (Å²) in [4.78, 5) is 20.6. The molecule has 27 heavy (non-hydrogen) atoms. The standard InChI is InChI=1S/C17H24N6O3S/c1-27(25,26)23-6-2-3-15(13-23)20-17(24)22-9-7-21(8-10-22)16-11-14(12-18)4-5-19-16/h4-5,11,15H,2-3,6-10,13H2,1H3,(H,20,24). The Bertz CT molecular complexity index is 829. The Labute approximate surface area is 159 Å². The van der Waals surface area contributed by atoms with Crippen molar-refractivity contribution in [3.63, 3.8) is 0 Å². The highest BCUT2D eigenvalue weighted by Gasteiger charge is 2.29. The van der Waals surface area contributed by atoms with E-state index in [1.54, 1.807) is 23.2 Å². The molecule has 10 heteroatoms. The fourth-order valence-corrected chi connectivity index (χ4v) is 4.34. The van der Waals surface area contributed by atoms with E-state index >= 15 is 0 Å². The van der Waals surface area contributed by atoms with E-state index in [1.165, 1.54) is 10.6 Å². The predicted octanol–water partition coefficient (Wildman–Crippen LogP) is 0.209. The number of hydrogen-bond donors (Lipinski definition) is 1. The third kappa shape index (κ3) is 4.87. The lowest BCUT2D eigenvalue weighted by Crippen LogP contribution is -2.56. The van der Waals surface area contributed by atoms with Crippen molar-refractivity contribution < 1.29 is 13.2 Å². The van der Waals surface area contributed by atoms with Gasteiger partial charge >= 0.3 is 6.03 Å². The van der Waals surface area contributed by atoms with Gasteiger partial charge in [-0.3, -0.25) is 0 Å². The zero-order chi connectivity index (χ0) is 19.4. The van der Waals surface area contributed by atoms with Gasteiger partial charge in [-0.15, -0.1) is 0 Å². The summed E-state index contributed by atoms with van der Waals surface area (Å²) in [6, 6.07) is 5.20. The van der Waals surface area contributed by atoms with Crippen molar-refractivity contribution in [2.45, 2.75) is 18.9 Å². The number of amides is 2. The van der Waals surface area contributed by atoms with E-state index in [1.807, 2.05) is 0 Å². The molecule has 2 aliphatic heterocycles. The smallest absolute Gasteiger partial charge is 0.317 e. The third-order valence-electron chi connectivity index (χ3n) is 4.95. The Kier molecular flexibility index (Phi) is 5.82. The summed E-state index contributed by atoms with van der Waals surface area (Å²) in [5, 5.41) is 12.0. The van der Waals surface area contributed by atoms with Crippen LogP contribution in [0.5, 0.6) is 0 Å². The van der Waals surface area contributed by atoms with Gasteiger partial charge in [0.05, 0.1) is 17.9 Å². The van der Waals surface area contributed by atoms with Crippen LogP contribution in [-0.4, -0.2) is 80.2 Å². The zero-order valence-corrected chi connectivity index (χ0v) is 16.2. The molecule has 0 radical (unpaired) electrons. The second-order valence-corrected chi connectivity index (χ2v) is 8.88. The van der Waals surface area contributed by atoms with Gasteiger partial charge in [0.15, 0.2) is 0 Å². The summed E-state index contributed by atoms with van der Waals surface area (Å²) in [5.41, 5.74) is 0.563. The monoisotopic (exact) mass is 392 g/mol. The molecule has 2 aliphatic rings. The minimum atomic E-state index is -3.23. The number of nitrogens with one attached hydrogen (secondary N) is 1. The van der Waals surface area contributed by atoms with Crippen LogP contribution in [-0.2, 0) is 10.0 Å². The van der Waals surface area contributed by atoms with Gasteiger partial charge in [0.25, 0.3) is 0 Å². The quantitative estimate of drug-likeness (QED) is 0.787. The van der Waals surface area contributed by atoms with Crippen molar-refractivity contribution >= 4 is 21.9 Å². The number of aromatic nitrogens is 1. The molecular weight excluding hydrogens is 368 g/mol. The molecule has 0 saturated carbocycles. The number of nitriles is 1. The molecule has 2 saturated heterocycles. The van der Waals surface area contributed by atoms with Crippen molar-refractivity contribution in [1.82, 2.24) is 19.5 Å². The number of anilines is 1. The lowest BCUT2D eigenvalue weighted by Gasteiger charge is -2.37. The van der Waals surface area contributed by atoms with Gasteiger partial charge in [-0.05, 0) is 25.0 Å². The van der Waals surface area contributed by atoms with E-state index in [9.17, 15) is 13.2 Å². The lowest BCUT2D eigenvalue weighted by atomic mass is 10.1. The van der Waals surface area contributed by atoms with Gasteiger partial charge < -0.3 is 15.1 Å². The van der Waals surface area contributed by atoms with Gasteiger partial charge in [0, 0.05) is 51.5 Å². The molecule has 1 unspecified atom stereocenters. The van der Waals surface area contributed by atoms with Crippen LogP contribution in [0.4, 0.5) is 10.6 Å². The maximum Gasteiger partial charge on any atom is 0.317 e. The first-order chi connectivity index (χ1) is 12.9. The fraction of sp³-hybridized carbons (Fsp3) is 0.588. The molecule has 1 atom stereocenters. The molecule has 0 bridgehead atoms. The number of nitrogens with zero attached hydrogens (tertiary/aromatic N) is 5. The van der Waals surface area contributed by atoms with E-state index in [0.717, 1.165) is 18.7 Å². The molecule has 0 spiro atoms. The maximum absolute atomic E-state index is 12.5. The Morgan fingerprint density at radius 3 is 2.70 bits per heavy atom. The van der Waals surface area contributed by atoms with Crippen LogP contribution >= 0.6 is 0 Å². The Balaban J connectivity index is 1.52. The Hall–Kier alpha value is -2.38. The lowest BCUT2D eigenvalue weighted by molar-refractivity contribution is 0.183. The number of urea groups is 1. The van der Waals surface area contributed by atoms with Crippen LogP contribution in [0, 0.1) is 11.3 Å². The molecule has 2 fully saturated rings. The number of carbonyl (C=O) groups is 1. The van der Waals surface area contributed by atoms with Crippen LogP contribution in [0.3, 0.4) is 0 Å². The van der Waals surface area contributed by atoms with Crippen molar-refractivity contribution in [3.8, 4) is 6.07 Å². The van der Waals surface area contributed by atoms with E-state index in [-0.39, 0.29) is 12.1 Å². The first-order valence-electron chi connectivity index (χ1n) is 8.98. The first kappa shape index (κ1) is 19.4. The summed E-state index contributed by atoms with van der Waals surface area (Å²) in [7, 11) is -3.23. The minimum Gasteiger partial charge on any atom is -0.353 e. The maximum atomic E-state index is 12.5. The number of rotatable bonds is 3. The fourth-order valence-electron chi connectivity index (χ4n) is 3.43. The Morgan fingerprint density at radius 1 is 1.30 bits per heavy atom. The summed E-state index contributed by atoms with van der Waals surface area (Å²) in [5.74, 6) is 0.741. The average molecular weight is 392 g/mol. The zero-order valence-electron chi connectivity index (χ0n) is 15.3. The number of carbonyl (C=O) groups excluding carboxylic acids is 1. The van der Waals surface area contributed by atoms with Gasteiger partial charge in [-0.2, -0.15) is 5.26 Å². The second-order valence-electron chi connectivity index (χ2n) is 6.90. The summed E-state index contributed by atoms with van der Waals surface area (Å²) in [6.07, 6.45) is 4.34. The highest BCUT2D eigenvalue weighted by atomic mass is 32.2. The summed E-state index contributed by atoms with van der Waals surface area (Å²) < 4.78 is 24.8. The number of piperazine rings is 1. The van der Waals surface area contributed by atoms with E-state index in [4.69, 9.17) is 5.26 Å². The Morgan fingerprint density at radius 2 is 2.04 bits per heavy atom. The molecule has 0 aliphatic carbocycles. The van der Waals surface area contributed by atoms with E-state index in [2.05, 4.69) is 21.3 Å². The molecule has 3 rings (SSSR count). The summed E-state index contributed by atoms with van der Waals surface area (Å²) in [6.45, 7) is 3.21. The van der Waals surface area contributed by atoms with Crippen LogP contribution < -0.4 is 10.2 Å². The molecule has 1 aromatic rings. The molecule has 9 nitrogen and oxygen atoms in total.